The first-order chi connectivity index (χ1) is 12.8. The fraction of sp³-hybridized carbons (Fsp3) is 0.250. The van der Waals surface area contributed by atoms with Gasteiger partial charge < -0.3 is 10.5 Å². The fourth-order valence-corrected chi connectivity index (χ4v) is 3.97. The van der Waals surface area contributed by atoms with E-state index in [4.69, 9.17) is 10.5 Å². The monoisotopic (exact) mass is 343 g/mol. The zero-order chi connectivity index (χ0) is 17.8. The Labute approximate surface area is 155 Å². The van der Waals surface area contributed by atoms with E-state index < -0.39 is 0 Å². The Morgan fingerprint density at radius 3 is 2.19 bits per heavy atom. The molecule has 0 aromatic heterocycles. The Balaban J connectivity index is 1.58. The molecule has 0 bridgehead atoms. The van der Waals surface area contributed by atoms with E-state index in [9.17, 15) is 0 Å². The van der Waals surface area contributed by atoms with Gasteiger partial charge in [0.25, 0.3) is 0 Å². The van der Waals surface area contributed by atoms with Crippen molar-refractivity contribution in [3.05, 3.63) is 101 Å². The Morgan fingerprint density at radius 2 is 1.46 bits per heavy atom. The summed E-state index contributed by atoms with van der Waals surface area (Å²) in [5, 5.41) is 0. The van der Waals surface area contributed by atoms with Crippen LogP contribution in [0.1, 0.15) is 47.1 Å². The zero-order valence-corrected chi connectivity index (χ0v) is 15.0. The second-order valence-electron chi connectivity index (χ2n) is 6.96. The molecule has 0 saturated carbocycles. The Bertz CT molecular complexity index is 842. The standard InChI is InChI=1S/C24H25NO/c25-17-16-18-10-12-20(13-11-18)26-24-15-14-21(19-6-2-1-3-7-19)22-8-4-5-9-23(22)24/h1-13,21,24H,14-17,25H2. The first-order valence-electron chi connectivity index (χ1n) is 9.44. The van der Waals surface area contributed by atoms with Crippen molar-refractivity contribution in [1.82, 2.24) is 0 Å². The van der Waals surface area contributed by atoms with E-state index in [0.29, 0.717) is 12.5 Å². The van der Waals surface area contributed by atoms with Crippen molar-refractivity contribution in [3.8, 4) is 5.75 Å². The molecule has 0 amide bonds. The average Bonchev–Trinajstić information content (AvgIpc) is 2.71. The largest absolute Gasteiger partial charge is 0.486 e. The van der Waals surface area contributed by atoms with Crippen molar-refractivity contribution >= 4 is 0 Å². The third-order valence-corrected chi connectivity index (χ3v) is 5.27. The summed E-state index contributed by atoms with van der Waals surface area (Å²) in [5.74, 6) is 1.39. The predicted octanol–water partition coefficient (Wildman–Crippen LogP) is 5.23. The van der Waals surface area contributed by atoms with Gasteiger partial charge in [0.2, 0.25) is 0 Å². The van der Waals surface area contributed by atoms with Crippen LogP contribution in [-0.2, 0) is 6.42 Å². The molecule has 3 aromatic carbocycles. The van der Waals surface area contributed by atoms with Gasteiger partial charge in [-0.25, -0.2) is 0 Å². The van der Waals surface area contributed by atoms with Gasteiger partial charge in [-0.15, -0.1) is 0 Å². The third-order valence-electron chi connectivity index (χ3n) is 5.27. The highest BCUT2D eigenvalue weighted by Gasteiger charge is 2.29. The van der Waals surface area contributed by atoms with Crippen molar-refractivity contribution in [2.45, 2.75) is 31.3 Å². The lowest BCUT2D eigenvalue weighted by Crippen LogP contribution is -2.19. The maximum atomic E-state index is 6.37. The summed E-state index contributed by atoms with van der Waals surface area (Å²) in [7, 11) is 0. The first-order valence-corrected chi connectivity index (χ1v) is 9.44. The van der Waals surface area contributed by atoms with Gasteiger partial charge in [-0.2, -0.15) is 0 Å². The highest BCUT2D eigenvalue weighted by Crippen LogP contribution is 2.42. The zero-order valence-electron chi connectivity index (χ0n) is 15.0. The number of ether oxygens (including phenoxy) is 1. The normalized spacial score (nSPS) is 19.0. The van der Waals surface area contributed by atoms with Crippen molar-refractivity contribution in [3.63, 3.8) is 0 Å². The summed E-state index contributed by atoms with van der Waals surface area (Å²) in [6.07, 6.45) is 3.16. The Morgan fingerprint density at radius 1 is 0.769 bits per heavy atom. The van der Waals surface area contributed by atoms with E-state index in [1.807, 2.05) is 0 Å². The van der Waals surface area contributed by atoms with E-state index >= 15 is 0 Å². The molecule has 2 N–H and O–H groups in total. The van der Waals surface area contributed by atoms with Crippen LogP contribution in [0, 0.1) is 0 Å². The van der Waals surface area contributed by atoms with Gasteiger partial charge in [-0.05, 0) is 60.2 Å². The van der Waals surface area contributed by atoms with E-state index in [1.54, 1.807) is 0 Å². The SMILES string of the molecule is NCCc1ccc(OC2CCC(c3ccccc3)c3ccccc32)cc1. The van der Waals surface area contributed by atoms with E-state index in [-0.39, 0.29) is 6.10 Å². The highest BCUT2D eigenvalue weighted by molar-refractivity contribution is 5.42. The van der Waals surface area contributed by atoms with Crippen LogP contribution >= 0.6 is 0 Å². The maximum Gasteiger partial charge on any atom is 0.124 e. The van der Waals surface area contributed by atoms with E-state index in [0.717, 1.165) is 25.0 Å². The number of hydrogen-bond donors (Lipinski definition) is 1. The van der Waals surface area contributed by atoms with Crippen LogP contribution in [0.4, 0.5) is 0 Å². The minimum atomic E-state index is 0.117. The molecule has 2 atom stereocenters. The number of fused-ring (bicyclic) bond motifs is 1. The molecule has 1 aliphatic rings. The first kappa shape index (κ1) is 16.9. The van der Waals surface area contributed by atoms with Gasteiger partial charge in [0.15, 0.2) is 0 Å². The van der Waals surface area contributed by atoms with Crippen molar-refractivity contribution in [1.29, 1.82) is 0 Å². The molecule has 26 heavy (non-hydrogen) atoms. The quantitative estimate of drug-likeness (QED) is 0.688. The molecule has 2 nitrogen and oxygen atoms in total. The highest BCUT2D eigenvalue weighted by atomic mass is 16.5. The summed E-state index contributed by atoms with van der Waals surface area (Å²) >= 11 is 0. The molecule has 0 radical (unpaired) electrons. The Kier molecular flexibility index (Phi) is 5.03. The summed E-state index contributed by atoms with van der Waals surface area (Å²) in [6.45, 7) is 0.678. The number of rotatable bonds is 5. The van der Waals surface area contributed by atoms with Crippen LogP contribution in [0.5, 0.6) is 5.75 Å². The molecule has 2 heteroatoms. The summed E-state index contributed by atoms with van der Waals surface area (Å²) in [5.41, 5.74) is 11.0. The van der Waals surface area contributed by atoms with E-state index in [1.165, 1.54) is 22.3 Å². The molecule has 0 saturated heterocycles. The molecule has 4 rings (SSSR count). The Hall–Kier alpha value is -2.58. The molecule has 0 spiro atoms. The lowest BCUT2D eigenvalue weighted by molar-refractivity contribution is 0.179. The number of nitrogens with two attached hydrogens (primary N) is 1. The van der Waals surface area contributed by atoms with Crippen LogP contribution in [0.25, 0.3) is 0 Å². The van der Waals surface area contributed by atoms with Gasteiger partial charge in [-0.1, -0.05) is 66.7 Å². The molecule has 1 aliphatic carbocycles. The van der Waals surface area contributed by atoms with Crippen LogP contribution in [-0.4, -0.2) is 6.54 Å². The number of hydrogen-bond acceptors (Lipinski definition) is 2. The lowest BCUT2D eigenvalue weighted by Gasteiger charge is -2.32. The van der Waals surface area contributed by atoms with Crippen LogP contribution in [0.3, 0.4) is 0 Å². The molecular formula is C24H25NO. The fourth-order valence-electron chi connectivity index (χ4n) is 3.97. The molecule has 2 unspecified atom stereocenters. The second kappa shape index (κ2) is 7.76. The maximum absolute atomic E-state index is 6.37. The minimum absolute atomic E-state index is 0.117. The van der Waals surface area contributed by atoms with Crippen LogP contribution in [0.15, 0.2) is 78.9 Å². The molecule has 132 valence electrons. The minimum Gasteiger partial charge on any atom is -0.486 e. The topological polar surface area (TPSA) is 35.2 Å². The summed E-state index contributed by atoms with van der Waals surface area (Å²) < 4.78 is 6.37. The molecule has 0 fully saturated rings. The summed E-state index contributed by atoms with van der Waals surface area (Å²) in [4.78, 5) is 0. The molecule has 3 aromatic rings. The third kappa shape index (κ3) is 3.51. The average molecular weight is 343 g/mol. The van der Waals surface area contributed by atoms with Gasteiger partial charge in [0.1, 0.15) is 11.9 Å². The van der Waals surface area contributed by atoms with Crippen molar-refractivity contribution in [2.24, 2.45) is 5.73 Å². The van der Waals surface area contributed by atoms with Gasteiger partial charge in [-0.3, -0.25) is 0 Å². The molecule has 0 aliphatic heterocycles. The predicted molar refractivity (Wildman–Crippen MR) is 107 cm³/mol. The smallest absolute Gasteiger partial charge is 0.124 e. The van der Waals surface area contributed by atoms with Gasteiger partial charge in [0, 0.05) is 5.92 Å². The molecule has 0 heterocycles. The van der Waals surface area contributed by atoms with Gasteiger partial charge >= 0.3 is 0 Å². The van der Waals surface area contributed by atoms with Crippen LogP contribution < -0.4 is 10.5 Å². The van der Waals surface area contributed by atoms with Crippen molar-refractivity contribution in [2.75, 3.05) is 6.54 Å². The lowest BCUT2D eigenvalue weighted by atomic mass is 9.77. The second-order valence-corrected chi connectivity index (χ2v) is 6.96. The van der Waals surface area contributed by atoms with Crippen LogP contribution in [0.2, 0.25) is 0 Å². The summed E-state index contributed by atoms with van der Waals surface area (Å²) in [6, 6.07) is 27.9. The molecular weight excluding hydrogens is 318 g/mol. The number of benzene rings is 3. The van der Waals surface area contributed by atoms with Gasteiger partial charge in [0.05, 0.1) is 0 Å². The van der Waals surface area contributed by atoms with E-state index in [2.05, 4.69) is 78.9 Å². The van der Waals surface area contributed by atoms with Crippen molar-refractivity contribution < 1.29 is 4.74 Å².